The molecule has 0 amide bonds. The number of halogens is 1. The van der Waals surface area contributed by atoms with Crippen molar-refractivity contribution >= 4 is 17.6 Å². The second-order valence-corrected chi connectivity index (χ2v) is 5.56. The zero-order valence-electron chi connectivity index (χ0n) is 12.0. The molecular formula is C17H15ClO4. The highest BCUT2D eigenvalue weighted by molar-refractivity contribution is 6.30. The SMILES string of the molecule is CCC(C(=O)O)C1(c2ccc(Cl)cc2)Oc2ccccc2O1. The standard InChI is InChI=1S/C17H15ClO4/c1-2-13(16(19)20)17(11-7-9-12(18)10-8-11)21-14-5-3-4-6-15(14)22-17/h3-10,13H,2H2,1H3,(H,19,20). The number of para-hydroxylation sites is 2. The van der Waals surface area contributed by atoms with E-state index in [9.17, 15) is 9.90 Å². The minimum atomic E-state index is -1.38. The van der Waals surface area contributed by atoms with Crippen LogP contribution >= 0.6 is 11.6 Å². The van der Waals surface area contributed by atoms with E-state index in [0.29, 0.717) is 28.5 Å². The molecule has 0 aliphatic carbocycles. The lowest BCUT2D eigenvalue weighted by atomic mass is 9.89. The van der Waals surface area contributed by atoms with Gasteiger partial charge < -0.3 is 14.6 Å². The summed E-state index contributed by atoms with van der Waals surface area (Å²) in [5, 5.41) is 10.2. The van der Waals surface area contributed by atoms with E-state index in [1.165, 1.54) is 0 Å². The molecule has 1 unspecified atom stereocenters. The van der Waals surface area contributed by atoms with Crippen molar-refractivity contribution in [3.05, 3.63) is 59.1 Å². The van der Waals surface area contributed by atoms with Crippen LogP contribution in [0.5, 0.6) is 11.5 Å². The predicted octanol–water partition coefficient (Wildman–Crippen LogP) is 4.08. The van der Waals surface area contributed by atoms with Crippen molar-refractivity contribution in [1.29, 1.82) is 0 Å². The Morgan fingerprint density at radius 3 is 2.14 bits per heavy atom. The highest BCUT2D eigenvalue weighted by Crippen LogP contribution is 2.48. The molecular weight excluding hydrogens is 304 g/mol. The largest absolute Gasteiger partial charge is 0.481 e. The van der Waals surface area contributed by atoms with Crippen LogP contribution in [0.1, 0.15) is 18.9 Å². The molecule has 0 fully saturated rings. The Hall–Kier alpha value is -2.20. The van der Waals surface area contributed by atoms with Gasteiger partial charge in [0, 0.05) is 10.6 Å². The Morgan fingerprint density at radius 2 is 1.68 bits per heavy atom. The molecule has 2 aromatic rings. The average molecular weight is 319 g/mol. The van der Waals surface area contributed by atoms with E-state index >= 15 is 0 Å². The smallest absolute Gasteiger partial charge is 0.314 e. The number of aliphatic carboxylic acids is 1. The third-order valence-corrected chi connectivity index (χ3v) is 4.04. The zero-order valence-corrected chi connectivity index (χ0v) is 12.7. The van der Waals surface area contributed by atoms with Gasteiger partial charge in [0.15, 0.2) is 11.5 Å². The summed E-state index contributed by atoms with van der Waals surface area (Å²) in [5.74, 6) is -2.12. The summed E-state index contributed by atoms with van der Waals surface area (Å²) in [6.07, 6.45) is 0.367. The molecule has 1 heterocycles. The van der Waals surface area contributed by atoms with Crippen LogP contribution in [-0.2, 0) is 10.6 Å². The van der Waals surface area contributed by atoms with E-state index in [1.54, 1.807) is 43.3 Å². The number of carbonyl (C=O) groups is 1. The molecule has 1 aliphatic heterocycles. The Balaban J connectivity index is 2.12. The monoisotopic (exact) mass is 318 g/mol. The van der Waals surface area contributed by atoms with Crippen LogP contribution in [-0.4, -0.2) is 11.1 Å². The molecule has 2 aromatic carbocycles. The van der Waals surface area contributed by atoms with E-state index in [-0.39, 0.29) is 0 Å². The number of benzene rings is 2. The van der Waals surface area contributed by atoms with Gasteiger partial charge in [-0.25, -0.2) is 0 Å². The van der Waals surface area contributed by atoms with E-state index in [0.717, 1.165) is 0 Å². The number of fused-ring (bicyclic) bond motifs is 1. The molecule has 1 N–H and O–H groups in total. The van der Waals surface area contributed by atoms with Crippen LogP contribution in [0.2, 0.25) is 5.02 Å². The van der Waals surface area contributed by atoms with E-state index in [2.05, 4.69) is 0 Å². The minimum absolute atomic E-state index is 0.367. The third-order valence-electron chi connectivity index (χ3n) is 3.78. The fourth-order valence-corrected chi connectivity index (χ4v) is 2.84. The fraction of sp³-hybridized carbons (Fsp3) is 0.235. The number of hydrogen-bond acceptors (Lipinski definition) is 3. The second-order valence-electron chi connectivity index (χ2n) is 5.12. The van der Waals surface area contributed by atoms with Gasteiger partial charge in [-0.05, 0) is 42.8 Å². The maximum Gasteiger partial charge on any atom is 0.314 e. The van der Waals surface area contributed by atoms with Crippen LogP contribution < -0.4 is 9.47 Å². The highest BCUT2D eigenvalue weighted by Gasteiger charge is 2.52. The molecule has 114 valence electrons. The summed E-state index contributed by atoms with van der Waals surface area (Å²) in [6.45, 7) is 1.80. The zero-order chi connectivity index (χ0) is 15.7. The van der Waals surface area contributed by atoms with Gasteiger partial charge in [0.25, 0.3) is 5.79 Å². The molecule has 3 rings (SSSR count). The van der Waals surface area contributed by atoms with Crippen LogP contribution in [0.25, 0.3) is 0 Å². The highest BCUT2D eigenvalue weighted by atomic mass is 35.5. The number of carboxylic acid groups (broad SMARTS) is 1. The van der Waals surface area contributed by atoms with Gasteiger partial charge in [0.1, 0.15) is 5.92 Å². The van der Waals surface area contributed by atoms with E-state index in [1.807, 2.05) is 12.1 Å². The molecule has 0 bridgehead atoms. The van der Waals surface area contributed by atoms with Gasteiger partial charge in [-0.2, -0.15) is 0 Å². The molecule has 4 nitrogen and oxygen atoms in total. The first-order valence-electron chi connectivity index (χ1n) is 7.02. The van der Waals surface area contributed by atoms with Crippen molar-refractivity contribution in [3.63, 3.8) is 0 Å². The van der Waals surface area contributed by atoms with E-state index in [4.69, 9.17) is 21.1 Å². The molecule has 1 atom stereocenters. The van der Waals surface area contributed by atoms with Crippen molar-refractivity contribution in [3.8, 4) is 11.5 Å². The normalized spacial score (nSPS) is 16.3. The van der Waals surface area contributed by atoms with Crippen molar-refractivity contribution in [2.45, 2.75) is 19.1 Å². The van der Waals surface area contributed by atoms with Crippen LogP contribution in [0.4, 0.5) is 0 Å². The van der Waals surface area contributed by atoms with Gasteiger partial charge in [-0.3, -0.25) is 4.79 Å². The number of carboxylic acids is 1. The maximum absolute atomic E-state index is 11.7. The van der Waals surface area contributed by atoms with E-state index < -0.39 is 17.7 Å². The fourth-order valence-electron chi connectivity index (χ4n) is 2.72. The lowest BCUT2D eigenvalue weighted by Crippen LogP contribution is -2.46. The van der Waals surface area contributed by atoms with Gasteiger partial charge >= 0.3 is 5.97 Å². The molecule has 0 saturated carbocycles. The summed E-state index contributed by atoms with van der Waals surface area (Å²) in [7, 11) is 0. The number of ether oxygens (including phenoxy) is 2. The lowest BCUT2D eigenvalue weighted by molar-refractivity contribution is -0.175. The minimum Gasteiger partial charge on any atom is -0.481 e. The quantitative estimate of drug-likeness (QED) is 0.923. The van der Waals surface area contributed by atoms with Crippen molar-refractivity contribution in [1.82, 2.24) is 0 Å². The summed E-state index contributed by atoms with van der Waals surface area (Å²) in [5.41, 5.74) is 0.627. The maximum atomic E-state index is 11.7. The van der Waals surface area contributed by atoms with Crippen LogP contribution in [0.15, 0.2) is 48.5 Å². The van der Waals surface area contributed by atoms with Crippen LogP contribution in [0, 0.1) is 5.92 Å². The first-order chi connectivity index (χ1) is 10.6. The van der Waals surface area contributed by atoms with Crippen molar-refractivity contribution in [2.75, 3.05) is 0 Å². The topological polar surface area (TPSA) is 55.8 Å². The Morgan fingerprint density at radius 1 is 1.14 bits per heavy atom. The molecule has 0 aromatic heterocycles. The van der Waals surface area contributed by atoms with Gasteiger partial charge in [0.2, 0.25) is 0 Å². The Bertz CT molecular complexity index is 671. The Kier molecular flexibility index (Phi) is 3.71. The summed E-state index contributed by atoms with van der Waals surface area (Å²) >= 11 is 5.93. The van der Waals surface area contributed by atoms with Crippen molar-refractivity contribution < 1.29 is 19.4 Å². The van der Waals surface area contributed by atoms with Gasteiger partial charge in [-0.1, -0.05) is 30.7 Å². The molecule has 1 aliphatic rings. The third kappa shape index (κ3) is 2.29. The second kappa shape index (κ2) is 5.54. The molecule has 0 radical (unpaired) electrons. The first kappa shape index (κ1) is 14.7. The van der Waals surface area contributed by atoms with Gasteiger partial charge in [-0.15, -0.1) is 0 Å². The average Bonchev–Trinajstić information content (AvgIpc) is 2.88. The van der Waals surface area contributed by atoms with Crippen molar-refractivity contribution in [2.24, 2.45) is 5.92 Å². The first-order valence-corrected chi connectivity index (χ1v) is 7.40. The number of rotatable bonds is 4. The van der Waals surface area contributed by atoms with Gasteiger partial charge in [0.05, 0.1) is 0 Å². The summed E-state index contributed by atoms with van der Waals surface area (Å²) in [4.78, 5) is 11.7. The molecule has 0 saturated heterocycles. The lowest BCUT2D eigenvalue weighted by Gasteiger charge is -2.33. The summed E-state index contributed by atoms with van der Waals surface area (Å²) < 4.78 is 12.0. The predicted molar refractivity (Wildman–Crippen MR) is 82.2 cm³/mol. The molecule has 5 heteroatoms. The van der Waals surface area contributed by atoms with Crippen LogP contribution in [0.3, 0.4) is 0 Å². The molecule has 22 heavy (non-hydrogen) atoms. The Labute approximate surface area is 133 Å². The molecule has 0 spiro atoms. The summed E-state index contributed by atoms with van der Waals surface area (Å²) in [6, 6.07) is 14.0. The number of hydrogen-bond donors (Lipinski definition) is 1.